The third-order valence-corrected chi connectivity index (χ3v) is 4.40. The third kappa shape index (κ3) is 4.17. The number of hydrogen-bond donors (Lipinski definition) is 2. The number of hydrogen-bond acceptors (Lipinski definition) is 5. The van der Waals surface area contributed by atoms with Gasteiger partial charge in [-0.1, -0.05) is 13.2 Å². The van der Waals surface area contributed by atoms with Crippen molar-refractivity contribution in [2.75, 3.05) is 13.6 Å². The summed E-state index contributed by atoms with van der Waals surface area (Å²) < 4.78 is 0.896. The zero-order valence-corrected chi connectivity index (χ0v) is 16.2. The van der Waals surface area contributed by atoms with E-state index in [0.29, 0.717) is 23.7 Å². The number of aromatic nitrogens is 1. The van der Waals surface area contributed by atoms with E-state index in [1.54, 1.807) is 31.1 Å². The number of amides is 1. The smallest absolute Gasteiger partial charge is 0.255 e. The first kappa shape index (κ1) is 18.9. The summed E-state index contributed by atoms with van der Waals surface area (Å²) in [5.74, 6) is 0.275. The van der Waals surface area contributed by atoms with Gasteiger partial charge in [-0.2, -0.15) is 0 Å². The maximum Gasteiger partial charge on any atom is 0.255 e. The van der Waals surface area contributed by atoms with Gasteiger partial charge in [-0.15, -0.1) is 0 Å². The molecule has 1 aliphatic heterocycles. The standard InChI is InChI=1S/C18H22BrN5O/c1-11(18(4)17(25)24(5)10-16(20)23-18)8-12(2)22-13(3)15-7-6-14(19)9-21-15/h6-9,22H,1,3,10H2,2,4-5H3,(H2,20,23)/b12-8+. The van der Waals surface area contributed by atoms with E-state index in [1.165, 1.54) is 0 Å². The number of pyridine rings is 1. The van der Waals surface area contributed by atoms with Crippen molar-refractivity contribution in [2.45, 2.75) is 19.4 Å². The highest BCUT2D eigenvalue weighted by Gasteiger charge is 2.40. The molecular formula is C18H22BrN5O. The Morgan fingerprint density at radius 1 is 1.48 bits per heavy atom. The maximum absolute atomic E-state index is 12.5. The number of likely N-dealkylation sites (N-methyl/N-ethyl adjacent to an activating group) is 1. The first-order valence-electron chi connectivity index (χ1n) is 7.69. The first-order chi connectivity index (χ1) is 11.6. The first-order valence-corrected chi connectivity index (χ1v) is 8.48. The molecule has 3 N–H and O–H groups in total. The fourth-order valence-corrected chi connectivity index (χ4v) is 2.79. The molecule has 2 heterocycles. The molecule has 6 nitrogen and oxygen atoms in total. The van der Waals surface area contributed by atoms with Crippen LogP contribution in [0.1, 0.15) is 19.5 Å². The molecule has 132 valence electrons. The van der Waals surface area contributed by atoms with Crippen molar-refractivity contribution >= 4 is 33.4 Å². The molecule has 1 aromatic heterocycles. The fraction of sp³-hybridized carbons (Fsp3) is 0.278. The number of amidine groups is 1. The highest BCUT2D eigenvalue weighted by molar-refractivity contribution is 9.10. The Hall–Kier alpha value is -2.41. The number of halogens is 1. The number of nitrogens with zero attached hydrogens (tertiary/aromatic N) is 3. The van der Waals surface area contributed by atoms with Crippen molar-refractivity contribution < 1.29 is 4.79 Å². The molecule has 0 aromatic carbocycles. The third-order valence-electron chi connectivity index (χ3n) is 3.93. The van der Waals surface area contributed by atoms with Crippen molar-refractivity contribution in [3.05, 3.63) is 59.0 Å². The monoisotopic (exact) mass is 403 g/mol. The van der Waals surface area contributed by atoms with E-state index in [2.05, 4.69) is 44.4 Å². The normalized spacial score (nSPS) is 21.0. The predicted octanol–water partition coefficient (Wildman–Crippen LogP) is 2.45. The molecule has 1 amide bonds. The molecule has 25 heavy (non-hydrogen) atoms. The van der Waals surface area contributed by atoms with E-state index in [9.17, 15) is 4.79 Å². The van der Waals surface area contributed by atoms with E-state index < -0.39 is 5.54 Å². The van der Waals surface area contributed by atoms with Crippen LogP contribution in [0.3, 0.4) is 0 Å². The Bertz CT molecular complexity index is 781. The molecule has 7 heteroatoms. The summed E-state index contributed by atoms with van der Waals surface area (Å²) in [5.41, 5.74) is 7.45. The van der Waals surface area contributed by atoms with Gasteiger partial charge in [0.15, 0.2) is 5.54 Å². The van der Waals surface area contributed by atoms with Crippen LogP contribution in [0.25, 0.3) is 5.70 Å². The number of nitrogens with two attached hydrogens (primary N) is 1. The highest BCUT2D eigenvalue weighted by atomic mass is 79.9. The summed E-state index contributed by atoms with van der Waals surface area (Å²) >= 11 is 3.35. The summed E-state index contributed by atoms with van der Waals surface area (Å²) in [4.78, 5) is 22.7. The van der Waals surface area contributed by atoms with Gasteiger partial charge in [0.1, 0.15) is 5.84 Å². The van der Waals surface area contributed by atoms with E-state index in [-0.39, 0.29) is 5.91 Å². The number of carbonyl (C=O) groups excluding carboxylic acids is 1. The number of rotatable bonds is 5. The van der Waals surface area contributed by atoms with E-state index in [1.807, 2.05) is 19.1 Å². The zero-order chi connectivity index (χ0) is 18.8. The minimum Gasteiger partial charge on any atom is -0.386 e. The largest absolute Gasteiger partial charge is 0.386 e. The Morgan fingerprint density at radius 3 is 2.76 bits per heavy atom. The fourth-order valence-electron chi connectivity index (χ4n) is 2.56. The van der Waals surface area contributed by atoms with Crippen LogP contribution in [0.5, 0.6) is 0 Å². The van der Waals surface area contributed by atoms with Gasteiger partial charge in [0, 0.05) is 23.4 Å². The molecule has 0 fully saturated rings. The summed E-state index contributed by atoms with van der Waals surface area (Å²) in [5, 5.41) is 3.16. The molecule has 1 unspecified atom stereocenters. The van der Waals surface area contributed by atoms with Crippen LogP contribution in [0, 0.1) is 0 Å². The Labute approximate surface area is 156 Å². The minimum atomic E-state index is -1.10. The van der Waals surface area contributed by atoms with Crippen molar-refractivity contribution in [3.8, 4) is 0 Å². The van der Waals surface area contributed by atoms with Crippen molar-refractivity contribution in [2.24, 2.45) is 10.7 Å². The van der Waals surface area contributed by atoms with Crippen LogP contribution in [-0.2, 0) is 4.79 Å². The van der Waals surface area contributed by atoms with Gasteiger partial charge < -0.3 is 16.0 Å². The van der Waals surface area contributed by atoms with Crippen LogP contribution in [0.4, 0.5) is 0 Å². The van der Waals surface area contributed by atoms with E-state index in [4.69, 9.17) is 5.73 Å². The van der Waals surface area contributed by atoms with Crippen LogP contribution >= 0.6 is 15.9 Å². The number of aliphatic imine (C=N–C) groups is 1. The second-order valence-electron chi connectivity index (χ2n) is 6.15. The van der Waals surface area contributed by atoms with Gasteiger partial charge in [-0.3, -0.25) is 9.78 Å². The molecule has 0 saturated carbocycles. The lowest BCUT2D eigenvalue weighted by Gasteiger charge is -2.34. The molecule has 0 spiro atoms. The Balaban J connectivity index is 2.17. The molecule has 0 aliphatic carbocycles. The van der Waals surface area contributed by atoms with Gasteiger partial charge in [0.2, 0.25) is 0 Å². The number of nitrogens with one attached hydrogen (secondary N) is 1. The SMILES string of the molecule is C=C(N/C(C)=C/C(=C)C1(C)N=C(N)CN(C)C1=O)c1ccc(Br)cn1. The van der Waals surface area contributed by atoms with E-state index in [0.717, 1.165) is 15.9 Å². The minimum absolute atomic E-state index is 0.135. The molecule has 0 saturated heterocycles. The second-order valence-corrected chi connectivity index (χ2v) is 7.07. The highest BCUT2D eigenvalue weighted by Crippen LogP contribution is 2.27. The summed E-state index contributed by atoms with van der Waals surface area (Å²) in [6.07, 6.45) is 3.48. The van der Waals surface area contributed by atoms with Crippen molar-refractivity contribution in [3.63, 3.8) is 0 Å². The molecule has 2 rings (SSSR count). The lowest BCUT2D eigenvalue weighted by atomic mass is 9.90. The van der Waals surface area contributed by atoms with Crippen LogP contribution in [0.2, 0.25) is 0 Å². The van der Waals surface area contributed by atoms with Crippen LogP contribution in [0.15, 0.2) is 58.3 Å². The Kier molecular flexibility index (Phi) is 5.47. The molecule has 1 aliphatic rings. The van der Waals surface area contributed by atoms with Gasteiger partial charge >= 0.3 is 0 Å². The van der Waals surface area contributed by atoms with Crippen LogP contribution < -0.4 is 11.1 Å². The topological polar surface area (TPSA) is 83.6 Å². The quantitative estimate of drug-likeness (QED) is 0.739. The molecule has 0 bridgehead atoms. The van der Waals surface area contributed by atoms with Crippen molar-refractivity contribution in [1.82, 2.24) is 15.2 Å². The van der Waals surface area contributed by atoms with Gasteiger partial charge in [-0.25, -0.2) is 4.99 Å². The molecule has 1 atom stereocenters. The number of carbonyl (C=O) groups is 1. The average molecular weight is 404 g/mol. The Morgan fingerprint density at radius 2 is 2.16 bits per heavy atom. The molecule has 0 radical (unpaired) electrons. The van der Waals surface area contributed by atoms with Gasteiger partial charge in [-0.05, 0) is 53.6 Å². The lowest BCUT2D eigenvalue weighted by molar-refractivity contribution is -0.133. The summed E-state index contributed by atoms with van der Waals surface area (Å²) in [6.45, 7) is 11.9. The summed E-state index contributed by atoms with van der Waals surface area (Å²) in [6, 6.07) is 3.75. The van der Waals surface area contributed by atoms with Gasteiger partial charge in [0.05, 0.1) is 17.9 Å². The zero-order valence-electron chi connectivity index (χ0n) is 14.6. The lowest BCUT2D eigenvalue weighted by Crippen LogP contribution is -2.53. The molecular weight excluding hydrogens is 382 g/mol. The van der Waals surface area contributed by atoms with E-state index >= 15 is 0 Å². The summed E-state index contributed by atoms with van der Waals surface area (Å²) in [7, 11) is 1.70. The number of allylic oxidation sites excluding steroid dienone is 1. The van der Waals surface area contributed by atoms with Crippen LogP contribution in [-0.4, -0.2) is 40.8 Å². The molecule has 1 aromatic rings. The van der Waals surface area contributed by atoms with Gasteiger partial charge in [0.25, 0.3) is 5.91 Å². The second kappa shape index (κ2) is 7.23. The maximum atomic E-state index is 12.5. The predicted molar refractivity (Wildman–Crippen MR) is 105 cm³/mol. The van der Waals surface area contributed by atoms with Crippen molar-refractivity contribution in [1.29, 1.82) is 0 Å². The average Bonchev–Trinajstić information content (AvgIpc) is 2.52.